The Morgan fingerprint density at radius 1 is 1.18 bits per heavy atom. The topological polar surface area (TPSA) is 125 Å². The molecule has 1 N–H and O–H groups in total. The van der Waals surface area contributed by atoms with Crippen molar-refractivity contribution < 1.29 is 42.9 Å². The maximum Gasteiger partial charge on any atom is 0.347 e. The molecule has 5 aliphatic rings. The lowest BCUT2D eigenvalue weighted by Gasteiger charge is -2.58. The van der Waals surface area contributed by atoms with Gasteiger partial charge in [0.2, 0.25) is 6.10 Å². The molecule has 0 bridgehead atoms. The number of fused-ring (bicyclic) bond motifs is 3. The zero-order valence-electron chi connectivity index (χ0n) is 22.9. The summed E-state index contributed by atoms with van der Waals surface area (Å²) in [4.78, 5) is 38.8. The van der Waals surface area contributed by atoms with E-state index in [-0.39, 0.29) is 17.8 Å². The van der Waals surface area contributed by atoms with Crippen LogP contribution in [0.25, 0.3) is 0 Å². The highest BCUT2D eigenvalue weighted by atomic mass is 16.6. The number of carbonyl (C=O) groups is 3. The summed E-state index contributed by atoms with van der Waals surface area (Å²) in [6.45, 7) is 10.6. The van der Waals surface area contributed by atoms with E-state index in [2.05, 4.69) is 6.92 Å². The highest BCUT2D eigenvalue weighted by Gasteiger charge is 2.88. The molecule has 4 fully saturated rings. The summed E-state index contributed by atoms with van der Waals surface area (Å²) >= 11 is 0. The number of methoxy groups -OCH3 is 1. The van der Waals surface area contributed by atoms with Crippen molar-refractivity contribution in [3.05, 3.63) is 36.0 Å². The smallest absolute Gasteiger partial charge is 0.347 e. The number of hydrogen-bond acceptors (Lipinski definition) is 9. The highest BCUT2D eigenvalue weighted by Crippen LogP contribution is 2.79. The van der Waals surface area contributed by atoms with Crippen molar-refractivity contribution in [1.29, 1.82) is 0 Å². The molecule has 3 heterocycles. The standard InChI is InChI=1S/C29H36O9/c1-14(30)36-21(24(32)34-7)23-25(2,3)18(31)11-19-27(23,5)22-17(37-19)12-26(4)16(15-8-9-35-13-15)10-20-29(26,38-20)28(22,6)33/h8-9,11,13,16-17,20-23,33H,10,12H2,1-7H3. The average Bonchev–Trinajstić information content (AvgIpc) is 3.08. The average molecular weight is 529 g/mol. The third kappa shape index (κ3) is 2.77. The third-order valence-corrected chi connectivity index (χ3v) is 10.9. The van der Waals surface area contributed by atoms with Gasteiger partial charge in [0.25, 0.3) is 0 Å². The number of epoxide rings is 1. The molecular formula is C29H36O9. The van der Waals surface area contributed by atoms with Crippen molar-refractivity contribution in [3.63, 3.8) is 0 Å². The number of furan rings is 1. The number of allylic oxidation sites excluding steroid dienone is 2. The van der Waals surface area contributed by atoms with Crippen LogP contribution < -0.4 is 0 Å². The van der Waals surface area contributed by atoms with Gasteiger partial charge >= 0.3 is 11.9 Å². The van der Waals surface area contributed by atoms with Crippen molar-refractivity contribution >= 4 is 17.7 Å². The van der Waals surface area contributed by atoms with Crippen LogP contribution in [0.5, 0.6) is 0 Å². The molecule has 1 aromatic heterocycles. The van der Waals surface area contributed by atoms with Crippen LogP contribution >= 0.6 is 0 Å². The Labute approximate surface area is 221 Å². The van der Waals surface area contributed by atoms with Crippen LogP contribution in [0.4, 0.5) is 0 Å². The van der Waals surface area contributed by atoms with Gasteiger partial charge in [-0.05, 0) is 37.3 Å². The van der Waals surface area contributed by atoms with Crippen molar-refractivity contribution in [2.45, 2.75) is 89.8 Å². The van der Waals surface area contributed by atoms with Crippen LogP contribution in [-0.4, -0.2) is 59.5 Å². The molecule has 2 aliphatic heterocycles. The fraction of sp³-hybridized carbons (Fsp3) is 0.690. The zero-order chi connectivity index (χ0) is 27.6. The molecule has 0 radical (unpaired) electrons. The van der Waals surface area contributed by atoms with Crippen molar-refractivity contribution in [1.82, 2.24) is 0 Å². The van der Waals surface area contributed by atoms with Crippen molar-refractivity contribution in [3.8, 4) is 0 Å². The van der Waals surface area contributed by atoms with E-state index in [9.17, 15) is 19.5 Å². The predicted octanol–water partition coefficient (Wildman–Crippen LogP) is 3.30. The maximum atomic E-state index is 13.5. The molecule has 0 amide bonds. The first-order chi connectivity index (χ1) is 17.7. The van der Waals surface area contributed by atoms with E-state index in [1.807, 2.05) is 13.0 Å². The van der Waals surface area contributed by atoms with E-state index in [0.29, 0.717) is 12.2 Å². The molecule has 2 saturated carbocycles. The fourth-order valence-electron chi connectivity index (χ4n) is 9.57. The van der Waals surface area contributed by atoms with Gasteiger partial charge in [0.05, 0.1) is 25.7 Å². The molecule has 6 rings (SSSR count). The SMILES string of the molecule is COC(=O)C(OC(C)=O)C1C(C)(C)C(=O)C=C2OC3CC4(C)C(c5ccoc5)CC5OC54C(C)(O)C3C21C. The van der Waals surface area contributed by atoms with Crippen LogP contribution in [0.1, 0.15) is 65.9 Å². The second-order valence-electron chi connectivity index (χ2n) is 13.0. The van der Waals surface area contributed by atoms with Gasteiger partial charge in [0.15, 0.2) is 5.78 Å². The Morgan fingerprint density at radius 3 is 2.50 bits per heavy atom. The summed E-state index contributed by atoms with van der Waals surface area (Å²) in [7, 11) is 1.22. The van der Waals surface area contributed by atoms with E-state index >= 15 is 0 Å². The minimum Gasteiger partial charge on any atom is -0.494 e. The van der Waals surface area contributed by atoms with Crippen LogP contribution in [0.15, 0.2) is 34.8 Å². The molecule has 1 aromatic rings. The van der Waals surface area contributed by atoms with Gasteiger partial charge in [-0.25, -0.2) is 4.79 Å². The lowest BCUT2D eigenvalue weighted by atomic mass is 9.44. The molecule has 206 valence electrons. The van der Waals surface area contributed by atoms with E-state index in [1.165, 1.54) is 20.1 Å². The van der Waals surface area contributed by atoms with E-state index in [4.69, 9.17) is 23.4 Å². The quantitative estimate of drug-likeness (QED) is 0.463. The zero-order valence-corrected chi connectivity index (χ0v) is 22.9. The van der Waals surface area contributed by atoms with Gasteiger partial charge in [-0.1, -0.05) is 27.7 Å². The summed E-state index contributed by atoms with van der Waals surface area (Å²) < 4.78 is 29.1. The molecule has 3 aliphatic carbocycles. The Bertz CT molecular complexity index is 1240. The molecule has 10 unspecified atom stereocenters. The molecule has 0 aromatic carbocycles. The largest absolute Gasteiger partial charge is 0.494 e. The minimum atomic E-state index is -1.40. The Hall–Kier alpha value is -2.65. The molecule has 1 spiro atoms. The first-order valence-electron chi connectivity index (χ1n) is 13.3. The maximum absolute atomic E-state index is 13.5. The number of ether oxygens (including phenoxy) is 4. The summed E-state index contributed by atoms with van der Waals surface area (Å²) in [6.07, 6.45) is 4.25. The number of aliphatic hydroxyl groups is 1. The number of esters is 2. The molecule has 10 atom stereocenters. The fourth-order valence-corrected chi connectivity index (χ4v) is 9.57. The van der Waals surface area contributed by atoms with Crippen LogP contribution in [0.3, 0.4) is 0 Å². The van der Waals surface area contributed by atoms with E-state index in [0.717, 1.165) is 12.0 Å². The summed E-state index contributed by atoms with van der Waals surface area (Å²) in [5.41, 5.74) is -3.82. The second-order valence-corrected chi connectivity index (χ2v) is 13.0. The normalized spacial score (nSPS) is 46.5. The molecule has 9 nitrogen and oxygen atoms in total. The lowest BCUT2D eigenvalue weighted by molar-refractivity contribution is -0.211. The van der Waals surface area contributed by atoms with Crippen molar-refractivity contribution in [2.24, 2.45) is 28.1 Å². The number of carbonyl (C=O) groups excluding carboxylic acids is 3. The predicted molar refractivity (Wildman–Crippen MR) is 131 cm³/mol. The number of rotatable bonds is 4. The summed E-state index contributed by atoms with van der Waals surface area (Å²) in [6, 6.07) is 1.96. The van der Waals surface area contributed by atoms with Gasteiger partial charge in [-0.15, -0.1) is 0 Å². The Morgan fingerprint density at radius 2 is 1.89 bits per heavy atom. The van der Waals surface area contributed by atoms with Crippen LogP contribution in [0, 0.1) is 28.1 Å². The van der Waals surface area contributed by atoms with Crippen molar-refractivity contribution in [2.75, 3.05) is 7.11 Å². The van der Waals surface area contributed by atoms with E-state index < -0.39 is 63.4 Å². The number of ketones is 1. The van der Waals surface area contributed by atoms with E-state index in [1.54, 1.807) is 33.3 Å². The monoisotopic (exact) mass is 528 g/mol. The van der Waals surface area contributed by atoms with Gasteiger partial charge in [-0.2, -0.15) is 0 Å². The van der Waals surface area contributed by atoms with Crippen LogP contribution in [-0.2, 0) is 33.3 Å². The van der Waals surface area contributed by atoms with Gasteiger partial charge < -0.3 is 28.5 Å². The van der Waals surface area contributed by atoms with Gasteiger partial charge in [0, 0.05) is 41.1 Å². The molecule has 38 heavy (non-hydrogen) atoms. The highest BCUT2D eigenvalue weighted by molar-refractivity contribution is 5.97. The van der Waals surface area contributed by atoms with Crippen LogP contribution in [0.2, 0.25) is 0 Å². The number of hydrogen-bond donors (Lipinski definition) is 1. The van der Waals surface area contributed by atoms with Gasteiger partial charge in [0.1, 0.15) is 23.1 Å². The van der Waals surface area contributed by atoms with Gasteiger partial charge in [-0.3, -0.25) is 9.59 Å². The first kappa shape index (κ1) is 25.6. The summed E-state index contributed by atoms with van der Waals surface area (Å²) in [5, 5.41) is 12.6. The lowest BCUT2D eigenvalue weighted by Crippen LogP contribution is -2.69. The molecule has 2 saturated heterocycles. The third-order valence-electron chi connectivity index (χ3n) is 10.9. The molecule has 9 heteroatoms. The second kappa shape index (κ2) is 7.50. The Kier molecular flexibility index (Phi) is 5.06. The first-order valence-corrected chi connectivity index (χ1v) is 13.3. The summed E-state index contributed by atoms with van der Waals surface area (Å²) in [5.74, 6) is -2.57. The minimum absolute atomic E-state index is 0.0955. The molecular weight excluding hydrogens is 492 g/mol. The Balaban J connectivity index is 1.51.